The van der Waals surface area contributed by atoms with Gasteiger partial charge >= 0.3 is 0 Å². The molecule has 0 heterocycles. The van der Waals surface area contributed by atoms with Crippen LogP contribution in [0.1, 0.15) is 52.5 Å². The fourth-order valence-electron chi connectivity index (χ4n) is 2.80. The number of rotatable bonds is 8. The standard InChI is InChI=1S/C20H32N2O2/c1-6-16(14-10-13-15-11-8-7-9-12-15)18(23)22-17(19(24)21-5)20(2,3)4/h7-9,11-12,16-17H,6,10,13-14H2,1-5H3,(H,21,24)(H,22,23)/t16?,17-/m1/s1. The number of amides is 2. The van der Waals surface area contributed by atoms with Crippen LogP contribution in [0.2, 0.25) is 0 Å². The number of hydrogen-bond acceptors (Lipinski definition) is 2. The van der Waals surface area contributed by atoms with Crippen molar-refractivity contribution in [3.8, 4) is 0 Å². The van der Waals surface area contributed by atoms with Crippen LogP contribution in [0.4, 0.5) is 0 Å². The van der Waals surface area contributed by atoms with Gasteiger partial charge in [0.2, 0.25) is 11.8 Å². The Labute approximate surface area is 146 Å². The van der Waals surface area contributed by atoms with Crippen molar-refractivity contribution >= 4 is 11.8 Å². The van der Waals surface area contributed by atoms with Crippen molar-refractivity contribution in [2.45, 2.75) is 59.4 Å². The Bertz CT molecular complexity index is 520. The lowest BCUT2D eigenvalue weighted by Crippen LogP contribution is -2.54. The van der Waals surface area contributed by atoms with Crippen LogP contribution in [-0.2, 0) is 16.0 Å². The number of carbonyl (C=O) groups is 2. The second-order valence-electron chi connectivity index (χ2n) is 7.40. The molecule has 0 radical (unpaired) electrons. The van der Waals surface area contributed by atoms with Gasteiger partial charge in [-0.3, -0.25) is 9.59 Å². The highest BCUT2D eigenvalue weighted by Gasteiger charge is 2.33. The third-order valence-corrected chi connectivity index (χ3v) is 4.39. The Morgan fingerprint density at radius 3 is 2.21 bits per heavy atom. The highest BCUT2D eigenvalue weighted by atomic mass is 16.2. The summed E-state index contributed by atoms with van der Waals surface area (Å²) in [6.07, 6.45) is 3.56. The van der Waals surface area contributed by atoms with Crippen LogP contribution in [0.25, 0.3) is 0 Å². The molecular weight excluding hydrogens is 300 g/mol. The second-order valence-corrected chi connectivity index (χ2v) is 7.40. The molecule has 1 unspecified atom stereocenters. The number of benzene rings is 1. The summed E-state index contributed by atoms with van der Waals surface area (Å²) in [6.45, 7) is 7.91. The van der Waals surface area contributed by atoms with Crippen LogP contribution in [0.15, 0.2) is 30.3 Å². The van der Waals surface area contributed by atoms with E-state index in [0.29, 0.717) is 0 Å². The second kappa shape index (κ2) is 9.45. The largest absolute Gasteiger partial charge is 0.357 e. The van der Waals surface area contributed by atoms with Crippen molar-refractivity contribution in [3.63, 3.8) is 0 Å². The van der Waals surface area contributed by atoms with E-state index < -0.39 is 6.04 Å². The monoisotopic (exact) mass is 332 g/mol. The molecule has 0 aliphatic rings. The van der Waals surface area contributed by atoms with Crippen LogP contribution in [0.3, 0.4) is 0 Å². The van der Waals surface area contributed by atoms with Crippen molar-refractivity contribution in [1.82, 2.24) is 10.6 Å². The lowest BCUT2D eigenvalue weighted by Gasteiger charge is -2.31. The highest BCUT2D eigenvalue weighted by molar-refractivity contribution is 5.88. The molecule has 0 saturated heterocycles. The van der Waals surface area contributed by atoms with Crippen molar-refractivity contribution < 1.29 is 9.59 Å². The van der Waals surface area contributed by atoms with Gasteiger partial charge in [-0.15, -0.1) is 0 Å². The Balaban J connectivity index is 2.59. The summed E-state index contributed by atoms with van der Waals surface area (Å²) in [5.74, 6) is -0.215. The summed E-state index contributed by atoms with van der Waals surface area (Å²) in [5, 5.41) is 5.60. The van der Waals surface area contributed by atoms with E-state index in [1.54, 1.807) is 7.05 Å². The van der Waals surface area contributed by atoms with Crippen LogP contribution in [0, 0.1) is 11.3 Å². The van der Waals surface area contributed by atoms with Crippen molar-refractivity contribution in [2.24, 2.45) is 11.3 Å². The molecule has 0 aliphatic heterocycles. The minimum Gasteiger partial charge on any atom is -0.357 e. The van der Waals surface area contributed by atoms with E-state index >= 15 is 0 Å². The molecule has 0 spiro atoms. The molecule has 2 N–H and O–H groups in total. The van der Waals surface area contributed by atoms with E-state index in [1.165, 1.54) is 5.56 Å². The summed E-state index contributed by atoms with van der Waals surface area (Å²) in [7, 11) is 1.60. The molecule has 0 bridgehead atoms. The third kappa shape index (κ3) is 6.34. The van der Waals surface area contributed by atoms with Gasteiger partial charge in [-0.2, -0.15) is 0 Å². The van der Waals surface area contributed by atoms with Gasteiger partial charge in [0.05, 0.1) is 0 Å². The average Bonchev–Trinajstić information content (AvgIpc) is 2.55. The average molecular weight is 332 g/mol. The summed E-state index contributed by atoms with van der Waals surface area (Å²) in [6, 6.07) is 9.80. The molecule has 0 saturated carbocycles. The van der Waals surface area contributed by atoms with E-state index in [1.807, 2.05) is 45.9 Å². The quantitative estimate of drug-likeness (QED) is 0.767. The zero-order chi connectivity index (χ0) is 18.2. The zero-order valence-electron chi connectivity index (χ0n) is 15.7. The first-order chi connectivity index (χ1) is 11.3. The summed E-state index contributed by atoms with van der Waals surface area (Å²) < 4.78 is 0. The van der Waals surface area contributed by atoms with E-state index in [2.05, 4.69) is 22.8 Å². The number of hydrogen-bond donors (Lipinski definition) is 2. The van der Waals surface area contributed by atoms with Crippen molar-refractivity contribution in [2.75, 3.05) is 7.05 Å². The van der Waals surface area contributed by atoms with E-state index in [9.17, 15) is 9.59 Å². The van der Waals surface area contributed by atoms with Gasteiger partial charge in [-0.25, -0.2) is 0 Å². The number of aryl methyl sites for hydroxylation is 1. The van der Waals surface area contributed by atoms with Gasteiger partial charge in [-0.1, -0.05) is 58.0 Å². The molecule has 4 heteroatoms. The Morgan fingerprint density at radius 1 is 1.08 bits per heavy atom. The summed E-state index contributed by atoms with van der Waals surface area (Å²) in [5.41, 5.74) is 0.976. The van der Waals surface area contributed by atoms with Crippen LogP contribution in [-0.4, -0.2) is 24.9 Å². The van der Waals surface area contributed by atoms with Gasteiger partial charge in [0.15, 0.2) is 0 Å². The van der Waals surface area contributed by atoms with Gasteiger partial charge in [-0.05, 0) is 36.7 Å². The molecule has 134 valence electrons. The van der Waals surface area contributed by atoms with Gasteiger partial charge < -0.3 is 10.6 Å². The lowest BCUT2D eigenvalue weighted by molar-refractivity contribution is -0.133. The molecule has 4 nitrogen and oxygen atoms in total. The fraction of sp³-hybridized carbons (Fsp3) is 0.600. The van der Waals surface area contributed by atoms with Gasteiger partial charge in [0.25, 0.3) is 0 Å². The predicted molar refractivity (Wildman–Crippen MR) is 98.6 cm³/mol. The topological polar surface area (TPSA) is 58.2 Å². The molecule has 0 fully saturated rings. The molecule has 0 aromatic heterocycles. The van der Waals surface area contributed by atoms with Crippen LogP contribution < -0.4 is 10.6 Å². The molecule has 1 rings (SSSR count). The number of likely N-dealkylation sites (N-methyl/N-ethyl adjacent to an activating group) is 1. The van der Waals surface area contributed by atoms with Gasteiger partial charge in [0.1, 0.15) is 6.04 Å². The zero-order valence-corrected chi connectivity index (χ0v) is 15.7. The maximum atomic E-state index is 12.6. The highest BCUT2D eigenvalue weighted by Crippen LogP contribution is 2.21. The molecular formula is C20H32N2O2. The van der Waals surface area contributed by atoms with E-state index in [4.69, 9.17) is 0 Å². The first-order valence-corrected chi connectivity index (χ1v) is 8.85. The molecule has 2 amide bonds. The van der Waals surface area contributed by atoms with Crippen LogP contribution >= 0.6 is 0 Å². The van der Waals surface area contributed by atoms with Crippen molar-refractivity contribution in [1.29, 1.82) is 0 Å². The van der Waals surface area contributed by atoms with Gasteiger partial charge in [0, 0.05) is 13.0 Å². The lowest BCUT2D eigenvalue weighted by atomic mass is 9.85. The molecule has 2 atom stereocenters. The summed E-state index contributed by atoms with van der Waals surface area (Å²) in [4.78, 5) is 24.7. The Kier molecular flexibility index (Phi) is 7.96. The third-order valence-electron chi connectivity index (χ3n) is 4.39. The normalized spacial score (nSPS) is 13.9. The van der Waals surface area contributed by atoms with Crippen molar-refractivity contribution in [3.05, 3.63) is 35.9 Å². The predicted octanol–water partition coefficient (Wildman–Crippen LogP) is 3.31. The maximum Gasteiger partial charge on any atom is 0.242 e. The molecule has 1 aromatic carbocycles. The minimum atomic E-state index is -0.516. The maximum absolute atomic E-state index is 12.6. The smallest absolute Gasteiger partial charge is 0.242 e. The molecule has 24 heavy (non-hydrogen) atoms. The molecule has 0 aliphatic carbocycles. The Morgan fingerprint density at radius 2 is 1.71 bits per heavy atom. The molecule has 1 aromatic rings. The van der Waals surface area contributed by atoms with E-state index in [-0.39, 0.29) is 23.1 Å². The minimum absolute atomic E-state index is 0.0194. The Hall–Kier alpha value is -1.84. The number of nitrogens with one attached hydrogen (secondary N) is 2. The van der Waals surface area contributed by atoms with Crippen LogP contribution in [0.5, 0.6) is 0 Å². The SMILES string of the molecule is CCC(CCCc1ccccc1)C(=O)N[C@H](C(=O)NC)C(C)(C)C. The first kappa shape index (κ1) is 20.2. The van der Waals surface area contributed by atoms with E-state index in [0.717, 1.165) is 25.7 Å². The number of carbonyl (C=O) groups excluding carboxylic acids is 2. The fourth-order valence-corrected chi connectivity index (χ4v) is 2.80. The summed E-state index contributed by atoms with van der Waals surface area (Å²) >= 11 is 0. The first-order valence-electron chi connectivity index (χ1n) is 8.85.